The summed E-state index contributed by atoms with van der Waals surface area (Å²) in [5.41, 5.74) is 2.77. The van der Waals surface area contributed by atoms with Gasteiger partial charge < -0.3 is 15.2 Å². The van der Waals surface area contributed by atoms with E-state index in [0.717, 1.165) is 11.4 Å². The maximum atomic E-state index is 12.3. The number of thiazole rings is 1. The van der Waals surface area contributed by atoms with Crippen molar-refractivity contribution in [3.8, 4) is 0 Å². The van der Waals surface area contributed by atoms with Gasteiger partial charge in [-0.2, -0.15) is 0 Å². The number of pyridine rings is 1. The molecule has 9 heteroatoms. The normalized spacial score (nSPS) is 10.7. The van der Waals surface area contributed by atoms with Crippen LogP contribution in [0.4, 0.5) is 16.5 Å². The number of nitrogens with zero attached hydrogens (tertiary/aromatic N) is 3. The predicted octanol–water partition coefficient (Wildman–Crippen LogP) is 4.10. The number of nitrogens with one attached hydrogen (secondary N) is 2. The minimum atomic E-state index is -0.265. The lowest BCUT2D eigenvalue weighted by Gasteiger charge is -2.04. The Morgan fingerprint density at radius 3 is 2.75 bits per heavy atom. The molecule has 0 radical (unpaired) electrons. The third-order valence-corrected chi connectivity index (χ3v) is 4.28. The molecule has 0 saturated carbocycles. The number of amides is 1. The van der Waals surface area contributed by atoms with Gasteiger partial charge in [-0.15, -0.1) is 0 Å². The fraction of sp³-hybridized carbons (Fsp3) is 0.200. The Balaban J connectivity index is 1.74. The molecule has 0 spiro atoms. The van der Waals surface area contributed by atoms with Crippen molar-refractivity contribution >= 4 is 45.4 Å². The van der Waals surface area contributed by atoms with E-state index in [9.17, 15) is 4.79 Å². The van der Waals surface area contributed by atoms with Crippen LogP contribution in [0.25, 0.3) is 0 Å². The molecular weight excluding hydrogens is 350 g/mol. The van der Waals surface area contributed by atoms with Gasteiger partial charge in [-0.3, -0.25) is 4.79 Å². The summed E-state index contributed by atoms with van der Waals surface area (Å²) >= 11 is 7.17. The highest BCUT2D eigenvalue weighted by Crippen LogP contribution is 2.26. The lowest BCUT2D eigenvalue weighted by atomic mass is 10.3. The Labute approximate surface area is 147 Å². The number of aromatic nitrogens is 3. The van der Waals surface area contributed by atoms with E-state index in [1.54, 1.807) is 19.9 Å². The van der Waals surface area contributed by atoms with E-state index in [1.165, 1.54) is 17.5 Å². The van der Waals surface area contributed by atoms with Gasteiger partial charge in [0.2, 0.25) is 0 Å². The van der Waals surface area contributed by atoms with Gasteiger partial charge in [0, 0.05) is 11.4 Å². The van der Waals surface area contributed by atoms with Crippen molar-refractivity contribution in [1.82, 2.24) is 15.1 Å². The van der Waals surface area contributed by atoms with Gasteiger partial charge in [0.05, 0.1) is 6.20 Å². The van der Waals surface area contributed by atoms with Crippen LogP contribution >= 0.6 is 22.9 Å². The quantitative estimate of drug-likeness (QED) is 0.678. The molecule has 0 aliphatic heterocycles. The van der Waals surface area contributed by atoms with Crippen LogP contribution in [0.5, 0.6) is 0 Å². The van der Waals surface area contributed by atoms with Crippen molar-refractivity contribution in [3.63, 3.8) is 0 Å². The molecule has 0 aromatic carbocycles. The molecule has 0 bridgehead atoms. The second kappa shape index (κ2) is 6.58. The molecule has 3 aromatic rings. The average molecular weight is 364 g/mol. The molecule has 2 N–H and O–H groups in total. The van der Waals surface area contributed by atoms with Crippen LogP contribution in [-0.2, 0) is 0 Å². The first-order chi connectivity index (χ1) is 11.4. The summed E-state index contributed by atoms with van der Waals surface area (Å²) < 4.78 is 5.03. The topological polar surface area (TPSA) is 92.9 Å². The van der Waals surface area contributed by atoms with E-state index in [2.05, 4.69) is 25.8 Å². The Morgan fingerprint density at radius 2 is 2.08 bits per heavy atom. The molecule has 3 aromatic heterocycles. The van der Waals surface area contributed by atoms with E-state index < -0.39 is 0 Å². The Hall–Kier alpha value is -2.45. The smallest absolute Gasteiger partial charge is 0.267 e. The number of hydrogen-bond donors (Lipinski definition) is 2. The molecule has 0 aliphatic carbocycles. The molecule has 0 saturated heterocycles. The van der Waals surface area contributed by atoms with Gasteiger partial charge >= 0.3 is 0 Å². The molecule has 0 unspecified atom stereocenters. The number of carbonyl (C=O) groups excluding carboxylic acids is 1. The van der Waals surface area contributed by atoms with E-state index in [-0.39, 0.29) is 5.91 Å². The van der Waals surface area contributed by atoms with E-state index in [4.69, 9.17) is 16.1 Å². The number of rotatable bonds is 4. The average Bonchev–Trinajstić information content (AvgIpc) is 3.08. The minimum Gasteiger partial charge on any atom is -0.359 e. The maximum absolute atomic E-state index is 12.3. The molecule has 124 valence electrons. The molecule has 0 fully saturated rings. The van der Waals surface area contributed by atoms with Gasteiger partial charge in [0.1, 0.15) is 21.4 Å². The third kappa shape index (κ3) is 3.55. The Bertz CT molecular complexity index is 865. The molecule has 24 heavy (non-hydrogen) atoms. The van der Waals surface area contributed by atoms with Crippen molar-refractivity contribution in [2.24, 2.45) is 0 Å². The molecule has 0 aliphatic rings. The van der Waals surface area contributed by atoms with Crippen molar-refractivity contribution < 1.29 is 9.32 Å². The number of halogens is 1. The maximum Gasteiger partial charge on any atom is 0.267 e. The van der Waals surface area contributed by atoms with Gasteiger partial charge in [-0.1, -0.05) is 28.1 Å². The first-order valence-electron chi connectivity index (χ1n) is 7.03. The van der Waals surface area contributed by atoms with Crippen LogP contribution in [0.1, 0.15) is 26.8 Å². The minimum absolute atomic E-state index is 0.265. The van der Waals surface area contributed by atoms with Gasteiger partial charge in [-0.25, -0.2) is 9.97 Å². The number of aryl methyl sites for hydroxylation is 3. The zero-order valence-electron chi connectivity index (χ0n) is 13.2. The lowest BCUT2D eigenvalue weighted by Crippen LogP contribution is -2.11. The molecule has 3 heterocycles. The predicted molar refractivity (Wildman–Crippen MR) is 93.3 cm³/mol. The monoisotopic (exact) mass is 363 g/mol. The largest absolute Gasteiger partial charge is 0.359 e. The van der Waals surface area contributed by atoms with Gasteiger partial charge in [0.25, 0.3) is 5.91 Å². The Morgan fingerprint density at radius 1 is 1.29 bits per heavy atom. The summed E-state index contributed by atoms with van der Waals surface area (Å²) in [6.45, 7) is 5.35. The molecule has 7 nitrogen and oxygen atoms in total. The fourth-order valence-electron chi connectivity index (χ4n) is 2.10. The summed E-state index contributed by atoms with van der Waals surface area (Å²) in [6.07, 6.45) is 1.51. The highest BCUT2D eigenvalue weighted by Gasteiger charge is 2.16. The number of carbonyl (C=O) groups is 1. The molecule has 0 atom stereocenters. The van der Waals surface area contributed by atoms with Crippen LogP contribution < -0.4 is 10.6 Å². The zero-order chi connectivity index (χ0) is 17.3. The summed E-state index contributed by atoms with van der Waals surface area (Å²) in [5, 5.41) is 10.7. The summed E-state index contributed by atoms with van der Waals surface area (Å²) in [6, 6.07) is 3.54. The summed E-state index contributed by atoms with van der Waals surface area (Å²) in [5.74, 6) is 0.296. The lowest BCUT2D eigenvalue weighted by molar-refractivity contribution is 0.103. The van der Waals surface area contributed by atoms with Crippen LogP contribution in [0.15, 0.2) is 22.9 Å². The first kappa shape index (κ1) is 16.4. The highest BCUT2D eigenvalue weighted by molar-refractivity contribution is 7.17. The second-order valence-corrected chi connectivity index (χ2v) is 6.55. The zero-order valence-corrected chi connectivity index (χ0v) is 14.7. The van der Waals surface area contributed by atoms with Crippen LogP contribution in [-0.4, -0.2) is 21.0 Å². The number of anilines is 3. The first-order valence-corrected chi connectivity index (χ1v) is 8.23. The van der Waals surface area contributed by atoms with Gasteiger partial charge in [-0.05, 0) is 32.9 Å². The Kier molecular flexibility index (Phi) is 4.50. The van der Waals surface area contributed by atoms with Crippen LogP contribution in [0.2, 0.25) is 5.15 Å². The van der Waals surface area contributed by atoms with Crippen molar-refractivity contribution in [2.75, 3.05) is 10.6 Å². The van der Waals surface area contributed by atoms with Crippen molar-refractivity contribution in [3.05, 3.63) is 45.5 Å². The number of hydrogen-bond acceptors (Lipinski definition) is 7. The fourth-order valence-corrected chi connectivity index (χ4v) is 3.08. The standard InChI is InChI=1S/C15H14ClN5O2S/c1-7-4-10(5-12(16)18-7)19-15-17-6-11(24-15)14(22)20-13-8(2)21-23-9(13)3/h4-6H,1-3H3,(H,20,22)(H,17,18,19). The summed E-state index contributed by atoms with van der Waals surface area (Å²) in [7, 11) is 0. The molecule has 1 amide bonds. The highest BCUT2D eigenvalue weighted by atomic mass is 35.5. The van der Waals surface area contributed by atoms with Crippen molar-refractivity contribution in [1.29, 1.82) is 0 Å². The van der Waals surface area contributed by atoms with Crippen LogP contribution in [0.3, 0.4) is 0 Å². The third-order valence-electron chi connectivity index (χ3n) is 3.17. The van der Waals surface area contributed by atoms with E-state index in [1.807, 2.05) is 13.0 Å². The second-order valence-electron chi connectivity index (χ2n) is 5.13. The van der Waals surface area contributed by atoms with Gasteiger partial charge in [0.15, 0.2) is 10.9 Å². The SMILES string of the molecule is Cc1cc(Nc2ncc(C(=O)Nc3c(C)noc3C)s2)cc(Cl)n1. The van der Waals surface area contributed by atoms with Crippen molar-refractivity contribution in [2.45, 2.75) is 20.8 Å². The summed E-state index contributed by atoms with van der Waals surface area (Å²) in [4.78, 5) is 21.1. The molecule has 3 rings (SSSR count). The van der Waals surface area contributed by atoms with E-state index >= 15 is 0 Å². The van der Waals surface area contributed by atoms with E-state index in [0.29, 0.717) is 32.3 Å². The van der Waals surface area contributed by atoms with Crippen LogP contribution in [0, 0.1) is 20.8 Å². The molecular formula is C15H14ClN5O2S.